The second kappa shape index (κ2) is 6.39. The van der Waals surface area contributed by atoms with Gasteiger partial charge in [-0.1, -0.05) is 42.5 Å². The zero-order valence-corrected chi connectivity index (χ0v) is 11.8. The van der Waals surface area contributed by atoms with Crippen LogP contribution in [0.25, 0.3) is 0 Å². The van der Waals surface area contributed by atoms with E-state index in [0.29, 0.717) is 12.1 Å². The van der Waals surface area contributed by atoms with E-state index >= 15 is 0 Å². The largest absolute Gasteiger partial charge is 0.497 e. The van der Waals surface area contributed by atoms with Gasteiger partial charge in [0.1, 0.15) is 5.75 Å². The molecule has 0 aliphatic rings. The van der Waals surface area contributed by atoms with Crippen LogP contribution in [0.15, 0.2) is 54.6 Å². The van der Waals surface area contributed by atoms with Gasteiger partial charge in [0.2, 0.25) is 0 Å². The molecule has 0 amide bonds. The van der Waals surface area contributed by atoms with Crippen molar-refractivity contribution in [3.8, 4) is 5.75 Å². The molecule has 2 aromatic carbocycles. The number of methoxy groups -OCH3 is 1. The number of ether oxygens (including phenoxy) is 1. The molecule has 0 bridgehead atoms. The quantitative estimate of drug-likeness (QED) is 0.868. The lowest BCUT2D eigenvalue weighted by Crippen LogP contribution is -2.22. The van der Waals surface area contributed by atoms with E-state index in [9.17, 15) is 0 Å². The Labute approximate surface area is 115 Å². The monoisotopic (exact) mass is 255 g/mol. The lowest BCUT2D eigenvalue weighted by Gasteiger charge is -2.21. The van der Waals surface area contributed by atoms with Crippen LogP contribution in [0.2, 0.25) is 0 Å². The van der Waals surface area contributed by atoms with Crippen molar-refractivity contribution in [2.75, 3.05) is 7.11 Å². The summed E-state index contributed by atoms with van der Waals surface area (Å²) in [6.45, 7) is 4.37. The lowest BCUT2D eigenvalue weighted by molar-refractivity contribution is 0.414. The maximum atomic E-state index is 5.18. The predicted molar refractivity (Wildman–Crippen MR) is 79.4 cm³/mol. The summed E-state index contributed by atoms with van der Waals surface area (Å²) in [6.07, 6.45) is 0. The van der Waals surface area contributed by atoms with E-state index in [1.807, 2.05) is 18.2 Å². The van der Waals surface area contributed by atoms with Crippen molar-refractivity contribution in [1.82, 2.24) is 5.32 Å². The van der Waals surface area contributed by atoms with Gasteiger partial charge in [-0.25, -0.2) is 0 Å². The molecule has 0 aromatic heterocycles. The molecule has 19 heavy (non-hydrogen) atoms. The summed E-state index contributed by atoms with van der Waals surface area (Å²) in [6, 6.07) is 19.3. The smallest absolute Gasteiger partial charge is 0.118 e. The number of rotatable bonds is 5. The third kappa shape index (κ3) is 3.58. The van der Waals surface area contributed by atoms with Crippen molar-refractivity contribution in [3.63, 3.8) is 0 Å². The molecular formula is C17H21NO. The highest BCUT2D eigenvalue weighted by Gasteiger charge is 2.10. The van der Waals surface area contributed by atoms with Crippen LogP contribution >= 0.6 is 0 Å². The standard InChI is InChI=1S/C17H21NO/c1-13(15-7-5-4-6-8-15)18-14(2)16-9-11-17(19-3)12-10-16/h4-14,18H,1-3H3/t13-,14?/m1/s1. The minimum Gasteiger partial charge on any atom is -0.497 e. The Morgan fingerprint density at radius 2 is 1.32 bits per heavy atom. The maximum Gasteiger partial charge on any atom is 0.118 e. The van der Waals surface area contributed by atoms with E-state index < -0.39 is 0 Å². The summed E-state index contributed by atoms with van der Waals surface area (Å²) < 4.78 is 5.18. The van der Waals surface area contributed by atoms with Gasteiger partial charge in [0.25, 0.3) is 0 Å². The van der Waals surface area contributed by atoms with Crippen LogP contribution < -0.4 is 10.1 Å². The van der Waals surface area contributed by atoms with Gasteiger partial charge in [0.15, 0.2) is 0 Å². The molecule has 2 nitrogen and oxygen atoms in total. The highest BCUT2D eigenvalue weighted by Crippen LogP contribution is 2.21. The topological polar surface area (TPSA) is 21.3 Å². The fourth-order valence-electron chi connectivity index (χ4n) is 2.20. The minimum absolute atomic E-state index is 0.307. The zero-order valence-electron chi connectivity index (χ0n) is 11.8. The summed E-state index contributed by atoms with van der Waals surface area (Å²) in [5.74, 6) is 0.895. The first-order valence-electron chi connectivity index (χ1n) is 6.65. The molecule has 0 spiro atoms. The fourth-order valence-corrected chi connectivity index (χ4v) is 2.20. The van der Waals surface area contributed by atoms with E-state index in [1.165, 1.54) is 11.1 Å². The molecule has 2 heteroatoms. The Kier molecular flexibility index (Phi) is 4.58. The molecule has 100 valence electrons. The van der Waals surface area contributed by atoms with Gasteiger partial charge < -0.3 is 10.1 Å². The van der Waals surface area contributed by atoms with Crippen molar-refractivity contribution in [1.29, 1.82) is 0 Å². The Morgan fingerprint density at radius 3 is 1.84 bits per heavy atom. The van der Waals surface area contributed by atoms with Crippen LogP contribution in [0.4, 0.5) is 0 Å². The van der Waals surface area contributed by atoms with Crippen LogP contribution in [0.3, 0.4) is 0 Å². The van der Waals surface area contributed by atoms with E-state index in [1.54, 1.807) is 7.11 Å². The molecular weight excluding hydrogens is 234 g/mol. The number of hydrogen-bond donors (Lipinski definition) is 1. The molecule has 0 aliphatic carbocycles. The Hall–Kier alpha value is -1.80. The average Bonchev–Trinajstić information content (AvgIpc) is 2.48. The van der Waals surface area contributed by atoms with Crippen molar-refractivity contribution in [2.45, 2.75) is 25.9 Å². The molecule has 0 fully saturated rings. The van der Waals surface area contributed by atoms with Crippen molar-refractivity contribution in [3.05, 3.63) is 65.7 Å². The third-order valence-electron chi connectivity index (χ3n) is 3.42. The van der Waals surface area contributed by atoms with Crippen LogP contribution in [-0.2, 0) is 0 Å². The molecule has 0 aliphatic heterocycles. The summed E-state index contributed by atoms with van der Waals surface area (Å²) in [5, 5.41) is 3.61. The first kappa shape index (κ1) is 13.6. The van der Waals surface area contributed by atoms with Gasteiger partial charge in [-0.05, 0) is 37.1 Å². The van der Waals surface area contributed by atoms with Crippen LogP contribution in [0.5, 0.6) is 5.75 Å². The second-order valence-electron chi connectivity index (χ2n) is 4.79. The fraction of sp³-hybridized carbons (Fsp3) is 0.294. The molecule has 1 unspecified atom stereocenters. The second-order valence-corrected chi connectivity index (χ2v) is 4.79. The van der Waals surface area contributed by atoms with E-state index in [-0.39, 0.29) is 0 Å². The van der Waals surface area contributed by atoms with Gasteiger partial charge >= 0.3 is 0 Å². The van der Waals surface area contributed by atoms with E-state index in [0.717, 1.165) is 5.75 Å². The first-order valence-corrected chi connectivity index (χ1v) is 6.65. The van der Waals surface area contributed by atoms with E-state index in [4.69, 9.17) is 4.74 Å². The Bertz CT molecular complexity index is 492. The molecule has 1 N–H and O–H groups in total. The number of nitrogens with one attached hydrogen (secondary N) is 1. The molecule has 0 heterocycles. The van der Waals surface area contributed by atoms with Gasteiger partial charge in [0, 0.05) is 12.1 Å². The van der Waals surface area contributed by atoms with Gasteiger partial charge in [-0.3, -0.25) is 0 Å². The molecule has 0 saturated carbocycles. The van der Waals surface area contributed by atoms with Crippen molar-refractivity contribution < 1.29 is 4.74 Å². The van der Waals surface area contributed by atoms with Crippen LogP contribution in [-0.4, -0.2) is 7.11 Å². The number of hydrogen-bond acceptors (Lipinski definition) is 2. The van der Waals surface area contributed by atoms with Gasteiger partial charge in [0.05, 0.1) is 7.11 Å². The molecule has 0 saturated heterocycles. The molecule has 0 radical (unpaired) electrons. The molecule has 2 aromatic rings. The van der Waals surface area contributed by atoms with Crippen molar-refractivity contribution in [2.24, 2.45) is 0 Å². The normalized spacial score (nSPS) is 13.8. The molecule has 2 rings (SSSR count). The van der Waals surface area contributed by atoms with Gasteiger partial charge in [-0.15, -0.1) is 0 Å². The summed E-state index contributed by atoms with van der Waals surface area (Å²) >= 11 is 0. The molecule has 2 atom stereocenters. The SMILES string of the molecule is COc1ccc(C(C)N[C@H](C)c2ccccc2)cc1. The summed E-state index contributed by atoms with van der Waals surface area (Å²) in [5.41, 5.74) is 2.58. The summed E-state index contributed by atoms with van der Waals surface area (Å²) in [4.78, 5) is 0. The Morgan fingerprint density at radius 1 is 0.789 bits per heavy atom. The maximum absolute atomic E-state index is 5.18. The highest BCUT2D eigenvalue weighted by atomic mass is 16.5. The average molecular weight is 255 g/mol. The third-order valence-corrected chi connectivity index (χ3v) is 3.42. The number of benzene rings is 2. The van der Waals surface area contributed by atoms with Crippen LogP contribution in [0.1, 0.15) is 37.1 Å². The first-order chi connectivity index (χ1) is 9.20. The lowest BCUT2D eigenvalue weighted by atomic mass is 10.0. The highest BCUT2D eigenvalue weighted by molar-refractivity contribution is 5.29. The minimum atomic E-state index is 0.307. The Balaban J connectivity index is 2.02. The predicted octanol–water partition coefficient (Wildman–Crippen LogP) is 4.11. The zero-order chi connectivity index (χ0) is 13.7. The van der Waals surface area contributed by atoms with E-state index in [2.05, 4.69) is 55.6 Å². The van der Waals surface area contributed by atoms with Crippen LogP contribution in [0, 0.1) is 0 Å². The van der Waals surface area contributed by atoms with Crippen molar-refractivity contribution >= 4 is 0 Å². The van der Waals surface area contributed by atoms with Gasteiger partial charge in [-0.2, -0.15) is 0 Å². The summed E-state index contributed by atoms with van der Waals surface area (Å²) in [7, 11) is 1.69.